The minimum absolute atomic E-state index is 0.471. The summed E-state index contributed by atoms with van der Waals surface area (Å²) < 4.78 is 42.2. The van der Waals surface area contributed by atoms with Crippen LogP contribution in [0.3, 0.4) is 0 Å². The molecule has 1 aromatic rings. The summed E-state index contributed by atoms with van der Waals surface area (Å²) >= 11 is 0. The molecule has 0 heterocycles. The summed E-state index contributed by atoms with van der Waals surface area (Å²) in [6.07, 6.45) is -2.37. The fourth-order valence-corrected chi connectivity index (χ4v) is 1.43. The van der Waals surface area contributed by atoms with Crippen molar-refractivity contribution < 1.29 is 17.9 Å². The Bertz CT molecular complexity index is 335. The molecule has 2 nitrogen and oxygen atoms in total. The van der Waals surface area contributed by atoms with Crippen LogP contribution in [0.5, 0.6) is 5.75 Å². The van der Waals surface area contributed by atoms with Crippen molar-refractivity contribution in [1.82, 2.24) is 5.32 Å². The first-order valence-corrected chi connectivity index (χ1v) is 6.05. The van der Waals surface area contributed by atoms with Crippen LogP contribution in [0.4, 0.5) is 13.2 Å². The molecule has 0 saturated carbocycles. The number of benzene rings is 1. The highest BCUT2D eigenvalue weighted by Crippen LogP contribution is 2.30. The van der Waals surface area contributed by atoms with Crippen LogP contribution >= 0.6 is 0 Å². The Morgan fingerprint density at radius 1 is 1.11 bits per heavy atom. The van der Waals surface area contributed by atoms with E-state index >= 15 is 0 Å². The molecule has 0 aliphatic heterocycles. The lowest BCUT2D eigenvalue weighted by Gasteiger charge is -2.09. The van der Waals surface area contributed by atoms with Gasteiger partial charge in [-0.1, -0.05) is 6.92 Å². The van der Waals surface area contributed by atoms with Crippen LogP contribution in [-0.4, -0.2) is 19.7 Å². The molecule has 1 N–H and O–H groups in total. The van der Waals surface area contributed by atoms with E-state index in [1.54, 1.807) is 0 Å². The second-order valence-corrected chi connectivity index (χ2v) is 3.97. The summed E-state index contributed by atoms with van der Waals surface area (Å²) in [5.74, 6) is 0.471. The molecule has 1 rings (SSSR count). The van der Waals surface area contributed by atoms with Gasteiger partial charge < -0.3 is 10.1 Å². The molecule has 0 amide bonds. The van der Waals surface area contributed by atoms with Crippen molar-refractivity contribution in [2.24, 2.45) is 0 Å². The third-order valence-electron chi connectivity index (χ3n) is 2.38. The molecule has 0 spiro atoms. The summed E-state index contributed by atoms with van der Waals surface area (Å²) in [4.78, 5) is 0. The zero-order valence-corrected chi connectivity index (χ0v) is 10.4. The molecule has 1 aromatic carbocycles. The fourth-order valence-electron chi connectivity index (χ4n) is 1.43. The van der Waals surface area contributed by atoms with E-state index in [9.17, 15) is 13.2 Å². The molecule has 0 aliphatic rings. The Balaban J connectivity index is 2.27. The lowest BCUT2D eigenvalue weighted by molar-refractivity contribution is -0.137. The Morgan fingerprint density at radius 3 is 2.33 bits per heavy atom. The summed E-state index contributed by atoms with van der Waals surface area (Å²) in [5, 5.41) is 3.22. The van der Waals surface area contributed by atoms with Crippen molar-refractivity contribution in [3.63, 3.8) is 0 Å². The van der Waals surface area contributed by atoms with Crippen molar-refractivity contribution in [2.75, 3.05) is 19.7 Å². The zero-order chi connectivity index (χ0) is 13.4. The normalized spacial score (nSPS) is 11.6. The van der Waals surface area contributed by atoms with Crippen molar-refractivity contribution in [2.45, 2.75) is 25.9 Å². The van der Waals surface area contributed by atoms with E-state index in [-0.39, 0.29) is 0 Å². The highest BCUT2D eigenvalue weighted by molar-refractivity contribution is 5.28. The second kappa shape index (κ2) is 7.26. The lowest BCUT2D eigenvalue weighted by Crippen LogP contribution is -2.18. The summed E-state index contributed by atoms with van der Waals surface area (Å²) in [6.45, 7) is 4.42. The number of alkyl halides is 3. The van der Waals surface area contributed by atoms with Crippen molar-refractivity contribution >= 4 is 0 Å². The lowest BCUT2D eigenvalue weighted by atomic mass is 10.2. The maximum Gasteiger partial charge on any atom is 0.416 e. The predicted molar refractivity (Wildman–Crippen MR) is 64.7 cm³/mol. The van der Waals surface area contributed by atoms with Crippen molar-refractivity contribution in [1.29, 1.82) is 0 Å². The Labute approximate surface area is 105 Å². The predicted octanol–water partition coefficient (Wildman–Crippen LogP) is 3.47. The minimum atomic E-state index is -4.29. The molecule has 0 unspecified atom stereocenters. The fraction of sp³-hybridized carbons (Fsp3) is 0.538. The topological polar surface area (TPSA) is 21.3 Å². The molecule has 0 atom stereocenters. The molecular weight excluding hydrogens is 243 g/mol. The number of nitrogens with one attached hydrogen (secondary N) is 1. The van der Waals surface area contributed by atoms with Crippen molar-refractivity contribution in [3.8, 4) is 5.75 Å². The van der Waals surface area contributed by atoms with E-state index in [0.717, 1.165) is 38.1 Å². The molecule has 5 heteroatoms. The Morgan fingerprint density at radius 2 is 1.78 bits per heavy atom. The summed E-state index contributed by atoms with van der Waals surface area (Å²) in [6, 6.07) is 4.76. The van der Waals surface area contributed by atoms with Gasteiger partial charge in [0.15, 0.2) is 0 Å². The first-order valence-electron chi connectivity index (χ1n) is 6.05. The van der Waals surface area contributed by atoms with Gasteiger partial charge in [0.2, 0.25) is 0 Å². The van der Waals surface area contributed by atoms with E-state index < -0.39 is 11.7 Å². The maximum absolute atomic E-state index is 12.3. The average Bonchev–Trinajstić information content (AvgIpc) is 2.33. The first-order chi connectivity index (χ1) is 8.54. The Hall–Kier alpha value is -1.23. The molecule has 0 aromatic heterocycles. The van der Waals surface area contributed by atoms with Gasteiger partial charge in [0.05, 0.1) is 12.2 Å². The van der Waals surface area contributed by atoms with Crippen LogP contribution in [0.2, 0.25) is 0 Å². The quantitative estimate of drug-likeness (QED) is 0.759. The zero-order valence-electron chi connectivity index (χ0n) is 10.4. The average molecular weight is 261 g/mol. The monoisotopic (exact) mass is 261 g/mol. The SMILES string of the molecule is CCCNCCCOc1ccc(C(F)(F)F)cc1. The number of rotatable bonds is 7. The van der Waals surface area contributed by atoms with Gasteiger partial charge in [-0.15, -0.1) is 0 Å². The van der Waals surface area contributed by atoms with E-state index in [1.165, 1.54) is 12.1 Å². The molecular formula is C13H18F3NO. The van der Waals surface area contributed by atoms with Gasteiger partial charge in [-0.05, 0) is 50.2 Å². The van der Waals surface area contributed by atoms with Crippen LogP contribution in [0.25, 0.3) is 0 Å². The number of hydrogen-bond acceptors (Lipinski definition) is 2. The van der Waals surface area contributed by atoms with Gasteiger partial charge in [0.1, 0.15) is 5.75 Å². The largest absolute Gasteiger partial charge is 0.494 e. The van der Waals surface area contributed by atoms with E-state index in [0.29, 0.717) is 12.4 Å². The minimum Gasteiger partial charge on any atom is -0.494 e. The van der Waals surface area contributed by atoms with Gasteiger partial charge in [-0.3, -0.25) is 0 Å². The molecule has 0 bridgehead atoms. The standard InChI is InChI=1S/C13H18F3NO/c1-2-8-17-9-3-10-18-12-6-4-11(5-7-12)13(14,15)16/h4-7,17H,2-3,8-10H2,1H3. The summed E-state index contributed by atoms with van der Waals surface area (Å²) in [5.41, 5.74) is -0.653. The summed E-state index contributed by atoms with van der Waals surface area (Å²) in [7, 11) is 0. The van der Waals surface area contributed by atoms with Gasteiger partial charge in [0.25, 0.3) is 0 Å². The van der Waals surface area contributed by atoms with Gasteiger partial charge >= 0.3 is 6.18 Å². The van der Waals surface area contributed by atoms with Crippen LogP contribution in [0, 0.1) is 0 Å². The smallest absolute Gasteiger partial charge is 0.416 e. The van der Waals surface area contributed by atoms with Crippen LogP contribution in [0.1, 0.15) is 25.3 Å². The van der Waals surface area contributed by atoms with Gasteiger partial charge in [-0.2, -0.15) is 13.2 Å². The highest BCUT2D eigenvalue weighted by atomic mass is 19.4. The number of halogens is 3. The molecule has 0 aliphatic carbocycles. The highest BCUT2D eigenvalue weighted by Gasteiger charge is 2.29. The molecule has 0 saturated heterocycles. The van der Waals surface area contributed by atoms with Gasteiger partial charge in [-0.25, -0.2) is 0 Å². The van der Waals surface area contributed by atoms with E-state index in [2.05, 4.69) is 12.2 Å². The van der Waals surface area contributed by atoms with Gasteiger partial charge in [0, 0.05) is 0 Å². The maximum atomic E-state index is 12.3. The van der Waals surface area contributed by atoms with E-state index in [1.807, 2.05) is 0 Å². The Kier molecular flexibility index (Phi) is 5.98. The van der Waals surface area contributed by atoms with Crippen LogP contribution < -0.4 is 10.1 Å². The van der Waals surface area contributed by atoms with E-state index in [4.69, 9.17) is 4.74 Å². The van der Waals surface area contributed by atoms with Crippen LogP contribution in [0.15, 0.2) is 24.3 Å². The second-order valence-electron chi connectivity index (χ2n) is 3.97. The number of ether oxygens (including phenoxy) is 1. The number of hydrogen-bond donors (Lipinski definition) is 1. The molecule has 102 valence electrons. The molecule has 0 fully saturated rings. The molecule has 18 heavy (non-hydrogen) atoms. The molecule has 0 radical (unpaired) electrons. The van der Waals surface area contributed by atoms with Crippen LogP contribution in [-0.2, 0) is 6.18 Å². The first kappa shape index (κ1) is 14.8. The van der Waals surface area contributed by atoms with Crippen molar-refractivity contribution in [3.05, 3.63) is 29.8 Å². The third kappa shape index (κ3) is 5.40. The third-order valence-corrected chi connectivity index (χ3v) is 2.38.